The summed E-state index contributed by atoms with van der Waals surface area (Å²) >= 11 is 0. The van der Waals surface area contributed by atoms with Crippen LogP contribution in [0.25, 0.3) is 21.8 Å². The summed E-state index contributed by atoms with van der Waals surface area (Å²) in [5.41, 5.74) is 3.72. The SMILES string of the molecule is CCC(NC(=O)CCC1(Cc2ccc(OC)c3ccccc23)CCC(=O)N1)c1nc2ccc(C)cc2[nH]1. The Morgan fingerprint density at radius 1 is 1.16 bits per heavy atom. The number of imidazole rings is 1. The topological polar surface area (TPSA) is 96.1 Å². The van der Waals surface area contributed by atoms with E-state index in [-0.39, 0.29) is 17.9 Å². The zero-order chi connectivity index (χ0) is 26.0. The molecule has 1 fully saturated rings. The van der Waals surface area contributed by atoms with Gasteiger partial charge in [0.25, 0.3) is 0 Å². The van der Waals surface area contributed by atoms with Crippen molar-refractivity contribution in [1.82, 2.24) is 20.6 Å². The van der Waals surface area contributed by atoms with Gasteiger partial charge in [0.1, 0.15) is 11.6 Å². The Labute approximate surface area is 217 Å². The van der Waals surface area contributed by atoms with Crippen LogP contribution in [0.5, 0.6) is 5.75 Å². The summed E-state index contributed by atoms with van der Waals surface area (Å²) in [6.07, 6.45) is 3.47. The number of ether oxygens (including phenoxy) is 1. The van der Waals surface area contributed by atoms with Crippen molar-refractivity contribution in [3.63, 3.8) is 0 Å². The van der Waals surface area contributed by atoms with Crippen LogP contribution in [-0.2, 0) is 16.0 Å². The maximum absolute atomic E-state index is 13.1. The molecule has 0 radical (unpaired) electrons. The lowest BCUT2D eigenvalue weighted by Crippen LogP contribution is -2.44. The molecule has 0 spiro atoms. The lowest BCUT2D eigenvalue weighted by molar-refractivity contribution is -0.123. The van der Waals surface area contributed by atoms with Gasteiger partial charge in [-0.3, -0.25) is 9.59 Å². The molecule has 4 aromatic rings. The Balaban J connectivity index is 1.31. The highest BCUT2D eigenvalue weighted by atomic mass is 16.5. The maximum Gasteiger partial charge on any atom is 0.220 e. The number of methoxy groups -OCH3 is 1. The van der Waals surface area contributed by atoms with Crippen LogP contribution in [0.2, 0.25) is 0 Å². The quantitative estimate of drug-likeness (QED) is 0.293. The number of H-pyrrole nitrogens is 1. The highest BCUT2D eigenvalue weighted by Gasteiger charge is 2.38. The second-order valence-electron chi connectivity index (χ2n) is 10.1. The van der Waals surface area contributed by atoms with Crippen LogP contribution in [-0.4, -0.2) is 34.4 Å². The van der Waals surface area contributed by atoms with Crippen molar-refractivity contribution in [2.45, 2.75) is 64.0 Å². The van der Waals surface area contributed by atoms with Gasteiger partial charge in [0.2, 0.25) is 11.8 Å². The fraction of sp³-hybridized carbons (Fsp3) is 0.367. The van der Waals surface area contributed by atoms with E-state index in [1.54, 1.807) is 7.11 Å². The van der Waals surface area contributed by atoms with E-state index in [1.165, 1.54) is 0 Å². The summed E-state index contributed by atoms with van der Waals surface area (Å²) in [4.78, 5) is 33.5. The lowest BCUT2D eigenvalue weighted by atomic mass is 9.83. The minimum absolute atomic E-state index is 0.0383. The number of carbonyl (C=O) groups excluding carboxylic acids is 2. The highest BCUT2D eigenvalue weighted by molar-refractivity contribution is 5.91. The zero-order valence-electron chi connectivity index (χ0n) is 21.7. The normalized spacial score (nSPS) is 18.2. The van der Waals surface area contributed by atoms with Crippen molar-refractivity contribution < 1.29 is 14.3 Å². The first kappa shape index (κ1) is 24.8. The van der Waals surface area contributed by atoms with Crippen LogP contribution in [0.4, 0.5) is 0 Å². The molecule has 1 aromatic heterocycles. The van der Waals surface area contributed by atoms with E-state index in [9.17, 15) is 9.59 Å². The Bertz CT molecular complexity index is 1460. The summed E-state index contributed by atoms with van der Waals surface area (Å²) in [6, 6.07) is 18.1. The number of hydrogen-bond donors (Lipinski definition) is 3. The fourth-order valence-electron chi connectivity index (χ4n) is 5.50. The van der Waals surface area contributed by atoms with Crippen molar-refractivity contribution in [1.29, 1.82) is 0 Å². The van der Waals surface area contributed by atoms with Crippen molar-refractivity contribution in [3.8, 4) is 5.75 Å². The van der Waals surface area contributed by atoms with E-state index in [0.717, 1.165) is 50.9 Å². The predicted molar refractivity (Wildman–Crippen MR) is 146 cm³/mol. The average Bonchev–Trinajstić information content (AvgIpc) is 3.49. The molecule has 37 heavy (non-hydrogen) atoms. The number of fused-ring (bicyclic) bond motifs is 2. The van der Waals surface area contributed by atoms with E-state index < -0.39 is 5.54 Å². The Morgan fingerprint density at radius 2 is 1.97 bits per heavy atom. The molecule has 0 bridgehead atoms. The standard InChI is InChI=1S/C30H34N4O3/c1-4-23(29-32-24-11-9-19(2)17-25(24)33-29)31-27(35)13-15-30(16-14-28(36)34-30)18-20-10-12-26(37-3)22-8-6-5-7-21(20)22/h5-12,17,23H,4,13-16,18H2,1-3H3,(H,31,35)(H,32,33)(H,34,36). The van der Waals surface area contributed by atoms with Gasteiger partial charge in [0.05, 0.1) is 24.2 Å². The Kier molecular flexibility index (Phi) is 6.87. The molecule has 2 atom stereocenters. The number of nitrogens with zero attached hydrogens (tertiary/aromatic N) is 1. The number of aromatic nitrogens is 2. The van der Waals surface area contributed by atoms with Crippen molar-refractivity contribution in [2.24, 2.45) is 0 Å². The minimum Gasteiger partial charge on any atom is -0.496 e. The van der Waals surface area contributed by atoms with Crippen LogP contribution in [0, 0.1) is 6.92 Å². The average molecular weight is 499 g/mol. The van der Waals surface area contributed by atoms with Gasteiger partial charge in [0.15, 0.2) is 0 Å². The molecule has 1 aliphatic rings. The maximum atomic E-state index is 13.1. The van der Waals surface area contributed by atoms with Gasteiger partial charge >= 0.3 is 0 Å². The van der Waals surface area contributed by atoms with Crippen LogP contribution < -0.4 is 15.4 Å². The first-order chi connectivity index (χ1) is 17.9. The molecule has 2 unspecified atom stereocenters. The summed E-state index contributed by atoms with van der Waals surface area (Å²) in [5.74, 6) is 1.60. The smallest absolute Gasteiger partial charge is 0.220 e. The number of nitrogens with one attached hydrogen (secondary N) is 3. The van der Waals surface area contributed by atoms with Gasteiger partial charge in [-0.15, -0.1) is 0 Å². The van der Waals surface area contributed by atoms with E-state index in [0.29, 0.717) is 32.1 Å². The Hall–Kier alpha value is -3.87. The fourth-order valence-corrected chi connectivity index (χ4v) is 5.50. The number of aryl methyl sites for hydroxylation is 1. The third-order valence-corrected chi connectivity index (χ3v) is 7.52. The summed E-state index contributed by atoms with van der Waals surface area (Å²) in [6.45, 7) is 4.09. The third kappa shape index (κ3) is 5.17. The molecule has 192 valence electrons. The first-order valence-corrected chi connectivity index (χ1v) is 13.0. The van der Waals surface area contributed by atoms with Gasteiger partial charge in [0, 0.05) is 23.8 Å². The molecule has 7 nitrogen and oxygen atoms in total. The number of benzene rings is 3. The molecule has 0 saturated carbocycles. The second kappa shape index (κ2) is 10.2. The van der Waals surface area contributed by atoms with Crippen molar-refractivity contribution >= 4 is 33.6 Å². The number of hydrogen-bond acceptors (Lipinski definition) is 4. The van der Waals surface area contributed by atoms with Gasteiger partial charge < -0.3 is 20.4 Å². The predicted octanol–water partition coefficient (Wildman–Crippen LogP) is 5.27. The number of rotatable bonds is 9. The van der Waals surface area contributed by atoms with Crippen LogP contribution in [0.1, 0.15) is 62.0 Å². The molecular formula is C30H34N4O3. The van der Waals surface area contributed by atoms with Crippen LogP contribution in [0.15, 0.2) is 54.6 Å². The highest BCUT2D eigenvalue weighted by Crippen LogP contribution is 2.35. The number of carbonyl (C=O) groups is 2. The molecule has 0 aliphatic carbocycles. The van der Waals surface area contributed by atoms with Crippen LogP contribution >= 0.6 is 0 Å². The molecule has 5 rings (SSSR count). The van der Waals surface area contributed by atoms with Gasteiger partial charge in [-0.2, -0.15) is 0 Å². The van der Waals surface area contributed by atoms with E-state index >= 15 is 0 Å². The lowest BCUT2D eigenvalue weighted by Gasteiger charge is -2.30. The molecular weight excluding hydrogens is 464 g/mol. The monoisotopic (exact) mass is 498 g/mol. The largest absolute Gasteiger partial charge is 0.496 e. The van der Waals surface area contributed by atoms with Crippen molar-refractivity contribution in [3.05, 3.63) is 71.5 Å². The van der Waals surface area contributed by atoms with E-state index in [4.69, 9.17) is 9.72 Å². The molecule has 7 heteroatoms. The zero-order valence-corrected chi connectivity index (χ0v) is 21.7. The summed E-state index contributed by atoms with van der Waals surface area (Å²) in [5, 5.41) is 8.53. The van der Waals surface area contributed by atoms with Gasteiger partial charge in [-0.25, -0.2) is 4.98 Å². The summed E-state index contributed by atoms with van der Waals surface area (Å²) in [7, 11) is 1.68. The van der Waals surface area contributed by atoms with E-state index in [1.807, 2.05) is 44.2 Å². The molecule has 3 N–H and O–H groups in total. The molecule has 2 amide bonds. The van der Waals surface area contributed by atoms with Gasteiger partial charge in [-0.05, 0) is 67.3 Å². The number of aromatic amines is 1. The molecule has 1 aliphatic heterocycles. The minimum atomic E-state index is -0.454. The third-order valence-electron chi connectivity index (χ3n) is 7.52. The van der Waals surface area contributed by atoms with Crippen molar-refractivity contribution in [2.75, 3.05) is 7.11 Å². The first-order valence-electron chi connectivity index (χ1n) is 13.0. The van der Waals surface area contributed by atoms with Crippen LogP contribution in [0.3, 0.4) is 0 Å². The van der Waals surface area contributed by atoms with E-state index in [2.05, 4.69) is 39.9 Å². The molecule has 1 saturated heterocycles. The summed E-state index contributed by atoms with van der Waals surface area (Å²) < 4.78 is 5.55. The molecule has 2 heterocycles. The molecule has 3 aromatic carbocycles. The van der Waals surface area contributed by atoms with Gasteiger partial charge in [-0.1, -0.05) is 43.3 Å². The number of amides is 2. The Morgan fingerprint density at radius 3 is 2.70 bits per heavy atom. The second-order valence-corrected chi connectivity index (χ2v) is 10.1.